The third kappa shape index (κ3) is 4.24. The predicted octanol–water partition coefficient (Wildman–Crippen LogP) is 0.729. The zero-order chi connectivity index (χ0) is 18.4. The Morgan fingerprint density at radius 3 is 2.35 bits per heavy atom. The average Bonchev–Trinajstić information content (AvgIpc) is 2.72. The van der Waals surface area contributed by atoms with Crippen molar-refractivity contribution < 1.29 is 14.4 Å². The molecule has 1 aromatic carbocycles. The van der Waals surface area contributed by atoms with Crippen molar-refractivity contribution in [2.75, 3.05) is 37.6 Å². The smallest absolute Gasteiger partial charge is 0.292 e. The molecule has 2 amide bonds. The first-order chi connectivity index (χ1) is 12.6. The summed E-state index contributed by atoms with van der Waals surface area (Å²) in [5.74, 6) is -1.68. The second-order valence-corrected chi connectivity index (χ2v) is 5.96. The van der Waals surface area contributed by atoms with E-state index in [-0.39, 0.29) is 18.0 Å². The molecule has 2 heterocycles. The summed E-state index contributed by atoms with van der Waals surface area (Å²) >= 11 is 0. The normalized spacial score (nSPS) is 14.0. The number of Topliss-reactive ketones (excluding diaryl/α,β-unsaturated/α-hetero) is 1. The number of piperazine rings is 1. The van der Waals surface area contributed by atoms with E-state index in [2.05, 4.69) is 15.2 Å². The van der Waals surface area contributed by atoms with Gasteiger partial charge in [0.05, 0.1) is 6.54 Å². The first-order valence-electron chi connectivity index (χ1n) is 8.45. The second kappa shape index (κ2) is 8.24. The highest BCUT2D eigenvalue weighted by Gasteiger charge is 2.23. The molecule has 1 saturated heterocycles. The van der Waals surface area contributed by atoms with E-state index in [4.69, 9.17) is 0 Å². The van der Waals surface area contributed by atoms with Crippen molar-refractivity contribution in [2.24, 2.45) is 0 Å². The highest BCUT2D eigenvalue weighted by atomic mass is 16.2. The van der Waals surface area contributed by atoms with Crippen LogP contribution >= 0.6 is 0 Å². The van der Waals surface area contributed by atoms with Crippen LogP contribution in [0.2, 0.25) is 0 Å². The van der Waals surface area contributed by atoms with Gasteiger partial charge in [-0.2, -0.15) is 0 Å². The molecular formula is C19H20N4O3. The summed E-state index contributed by atoms with van der Waals surface area (Å²) in [6, 6.07) is 13.1. The molecule has 3 rings (SSSR count). The van der Waals surface area contributed by atoms with Gasteiger partial charge in [0, 0.05) is 49.8 Å². The first-order valence-corrected chi connectivity index (χ1v) is 8.45. The summed E-state index contributed by atoms with van der Waals surface area (Å²) in [6.45, 7) is 2.45. The molecule has 7 nitrogen and oxygen atoms in total. The lowest BCUT2D eigenvalue weighted by Crippen LogP contribution is -2.51. The van der Waals surface area contributed by atoms with E-state index in [0.717, 1.165) is 18.8 Å². The van der Waals surface area contributed by atoms with Gasteiger partial charge >= 0.3 is 0 Å². The number of para-hydroxylation sites is 1. The minimum Gasteiger partial charge on any atom is -0.368 e. The molecule has 0 atom stereocenters. The summed E-state index contributed by atoms with van der Waals surface area (Å²) in [4.78, 5) is 43.9. The summed E-state index contributed by atoms with van der Waals surface area (Å²) in [6.07, 6.45) is 2.85. The molecule has 0 aliphatic carbocycles. The van der Waals surface area contributed by atoms with Crippen LogP contribution in [0.15, 0.2) is 54.9 Å². The fourth-order valence-corrected chi connectivity index (χ4v) is 2.83. The largest absolute Gasteiger partial charge is 0.368 e. The van der Waals surface area contributed by atoms with Crippen molar-refractivity contribution in [3.63, 3.8) is 0 Å². The van der Waals surface area contributed by atoms with Gasteiger partial charge in [-0.15, -0.1) is 0 Å². The Morgan fingerprint density at radius 1 is 0.962 bits per heavy atom. The van der Waals surface area contributed by atoms with Gasteiger partial charge in [-0.25, -0.2) is 0 Å². The Balaban J connectivity index is 1.46. The maximum absolute atomic E-state index is 12.3. The van der Waals surface area contributed by atoms with Crippen molar-refractivity contribution in [3.8, 4) is 0 Å². The molecule has 26 heavy (non-hydrogen) atoms. The third-order valence-corrected chi connectivity index (χ3v) is 4.28. The molecule has 2 aromatic rings. The SMILES string of the molecule is O=C(NCC(=O)N1CCN(c2ccccc2)CC1)C(=O)c1cccnc1. The van der Waals surface area contributed by atoms with E-state index >= 15 is 0 Å². The Kier molecular flexibility index (Phi) is 5.58. The minimum absolute atomic E-state index is 0.184. The summed E-state index contributed by atoms with van der Waals surface area (Å²) in [7, 11) is 0. The lowest BCUT2D eigenvalue weighted by Gasteiger charge is -2.36. The average molecular weight is 352 g/mol. The lowest BCUT2D eigenvalue weighted by molar-refractivity contribution is -0.132. The van der Waals surface area contributed by atoms with Crippen LogP contribution in [0.1, 0.15) is 10.4 Å². The topological polar surface area (TPSA) is 82.6 Å². The number of carbonyl (C=O) groups excluding carboxylic acids is 3. The molecular weight excluding hydrogens is 332 g/mol. The van der Waals surface area contributed by atoms with Gasteiger partial charge in [0.1, 0.15) is 0 Å². The standard InChI is InChI=1S/C19H20N4O3/c24-17(14-21-19(26)18(25)15-5-4-8-20-13-15)23-11-9-22(10-12-23)16-6-2-1-3-7-16/h1-8,13H,9-12,14H2,(H,21,26). The van der Waals surface area contributed by atoms with Gasteiger partial charge in [-0.05, 0) is 24.3 Å². The number of amides is 2. The molecule has 0 spiro atoms. The van der Waals surface area contributed by atoms with Crippen LogP contribution in [0.25, 0.3) is 0 Å². The highest BCUT2D eigenvalue weighted by molar-refractivity contribution is 6.42. The van der Waals surface area contributed by atoms with Gasteiger partial charge in [-0.1, -0.05) is 18.2 Å². The molecule has 0 unspecified atom stereocenters. The maximum Gasteiger partial charge on any atom is 0.292 e. The quantitative estimate of drug-likeness (QED) is 0.634. The van der Waals surface area contributed by atoms with E-state index < -0.39 is 11.7 Å². The highest BCUT2D eigenvalue weighted by Crippen LogP contribution is 2.15. The van der Waals surface area contributed by atoms with E-state index in [9.17, 15) is 14.4 Å². The third-order valence-electron chi connectivity index (χ3n) is 4.28. The molecule has 134 valence electrons. The first kappa shape index (κ1) is 17.6. The Bertz CT molecular complexity index is 772. The zero-order valence-electron chi connectivity index (χ0n) is 14.3. The molecule has 1 fully saturated rings. The molecule has 1 N–H and O–H groups in total. The molecule has 1 aliphatic rings. The van der Waals surface area contributed by atoms with E-state index in [1.165, 1.54) is 18.5 Å². The molecule has 0 bridgehead atoms. The number of nitrogens with zero attached hydrogens (tertiary/aromatic N) is 3. The molecule has 1 aliphatic heterocycles. The van der Waals surface area contributed by atoms with Crippen molar-refractivity contribution >= 4 is 23.3 Å². The summed E-state index contributed by atoms with van der Waals surface area (Å²) < 4.78 is 0. The van der Waals surface area contributed by atoms with Crippen molar-refractivity contribution in [2.45, 2.75) is 0 Å². The van der Waals surface area contributed by atoms with Crippen molar-refractivity contribution in [1.29, 1.82) is 0 Å². The number of benzene rings is 1. The van der Waals surface area contributed by atoms with Crippen LogP contribution in [0.4, 0.5) is 5.69 Å². The Morgan fingerprint density at radius 2 is 1.69 bits per heavy atom. The van der Waals surface area contributed by atoms with Crippen LogP contribution in [-0.4, -0.2) is 60.2 Å². The van der Waals surface area contributed by atoms with Crippen LogP contribution in [0.3, 0.4) is 0 Å². The van der Waals surface area contributed by atoms with Crippen LogP contribution in [0, 0.1) is 0 Å². The minimum atomic E-state index is -0.797. The second-order valence-electron chi connectivity index (χ2n) is 5.96. The zero-order valence-corrected chi connectivity index (χ0v) is 14.3. The number of hydrogen-bond acceptors (Lipinski definition) is 5. The number of rotatable bonds is 5. The predicted molar refractivity (Wildman–Crippen MR) is 96.8 cm³/mol. The van der Waals surface area contributed by atoms with Gasteiger partial charge in [0.25, 0.3) is 11.7 Å². The number of carbonyl (C=O) groups is 3. The van der Waals surface area contributed by atoms with Crippen LogP contribution in [0.5, 0.6) is 0 Å². The van der Waals surface area contributed by atoms with Crippen LogP contribution < -0.4 is 10.2 Å². The molecule has 0 saturated carbocycles. The van der Waals surface area contributed by atoms with Gasteiger partial charge in [0.2, 0.25) is 5.91 Å². The van der Waals surface area contributed by atoms with Crippen LogP contribution in [-0.2, 0) is 9.59 Å². The number of anilines is 1. The molecule has 0 radical (unpaired) electrons. The number of aromatic nitrogens is 1. The summed E-state index contributed by atoms with van der Waals surface area (Å²) in [5.41, 5.74) is 1.34. The summed E-state index contributed by atoms with van der Waals surface area (Å²) in [5, 5.41) is 2.40. The Labute approximate surface area is 151 Å². The Hall–Kier alpha value is -3.22. The van der Waals surface area contributed by atoms with E-state index in [0.29, 0.717) is 13.1 Å². The van der Waals surface area contributed by atoms with E-state index in [1.807, 2.05) is 30.3 Å². The number of ketones is 1. The van der Waals surface area contributed by atoms with Gasteiger partial charge < -0.3 is 15.1 Å². The number of nitrogens with one attached hydrogen (secondary N) is 1. The number of pyridine rings is 1. The van der Waals surface area contributed by atoms with Crippen molar-refractivity contribution in [1.82, 2.24) is 15.2 Å². The van der Waals surface area contributed by atoms with Gasteiger partial charge in [-0.3, -0.25) is 19.4 Å². The van der Waals surface area contributed by atoms with Gasteiger partial charge in [0.15, 0.2) is 0 Å². The maximum atomic E-state index is 12.3. The van der Waals surface area contributed by atoms with Crippen molar-refractivity contribution in [3.05, 3.63) is 60.4 Å². The number of hydrogen-bond donors (Lipinski definition) is 1. The van der Waals surface area contributed by atoms with E-state index in [1.54, 1.807) is 11.0 Å². The molecule has 1 aromatic heterocycles. The fourth-order valence-electron chi connectivity index (χ4n) is 2.83. The molecule has 7 heteroatoms. The monoisotopic (exact) mass is 352 g/mol. The lowest BCUT2D eigenvalue weighted by atomic mass is 10.2. The fraction of sp³-hybridized carbons (Fsp3) is 0.263.